The topological polar surface area (TPSA) is 48.1 Å². The second-order valence-electron chi connectivity index (χ2n) is 3.08. The van der Waals surface area contributed by atoms with E-state index in [1.54, 1.807) is 13.8 Å². The van der Waals surface area contributed by atoms with Gasteiger partial charge in [-0.3, -0.25) is 4.98 Å². The number of ether oxygens (including phenoxy) is 1. The van der Waals surface area contributed by atoms with Crippen molar-refractivity contribution in [2.24, 2.45) is 5.73 Å². The van der Waals surface area contributed by atoms with Crippen molar-refractivity contribution >= 4 is 0 Å². The monoisotopic (exact) mass is 220 g/mol. The molecule has 0 fully saturated rings. The van der Waals surface area contributed by atoms with Crippen LogP contribution in [0.4, 0.5) is 13.2 Å². The third kappa shape index (κ3) is 3.09. The molecule has 1 aromatic rings. The van der Waals surface area contributed by atoms with E-state index in [1.165, 1.54) is 6.07 Å². The minimum Gasteiger partial charge on any atom is -0.405 e. The molecule has 0 amide bonds. The number of rotatable bonds is 2. The Kier molecular flexibility index (Phi) is 3.18. The molecule has 0 atom stereocenters. The van der Waals surface area contributed by atoms with E-state index in [0.29, 0.717) is 11.4 Å². The van der Waals surface area contributed by atoms with E-state index < -0.39 is 6.36 Å². The molecule has 0 aromatic carbocycles. The normalized spacial score (nSPS) is 11.6. The number of nitrogens with two attached hydrogens (primary N) is 1. The van der Waals surface area contributed by atoms with Gasteiger partial charge in [0.1, 0.15) is 5.75 Å². The second-order valence-corrected chi connectivity index (χ2v) is 3.08. The van der Waals surface area contributed by atoms with Gasteiger partial charge < -0.3 is 10.5 Å². The summed E-state index contributed by atoms with van der Waals surface area (Å²) in [6, 6.07) is 1.22. The van der Waals surface area contributed by atoms with Gasteiger partial charge in [0.05, 0.1) is 0 Å². The fraction of sp³-hybridized carbons (Fsp3) is 0.444. The Morgan fingerprint density at radius 3 is 2.47 bits per heavy atom. The number of halogens is 3. The van der Waals surface area contributed by atoms with Crippen LogP contribution < -0.4 is 10.5 Å². The molecule has 1 rings (SSSR count). The number of aromatic nitrogens is 1. The standard InChI is InChI=1S/C9H11F3N2O/c1-5-3-8(15-9(10,11)12)7(4-13)6(2)14-5/h3H,4,13H2,1-2H3. The highest BCUT2D eigenvalue weighted by atomic mass is 19.4. The number of hydrogen-bond acceptors (Lipinski definition) is 3. The van der Waals surface area contributed by atoms with Crippen molar-refractivity contribution in [3.05, 3.63) is 23.0 Å². The summed E-state index contributed by atoms with van der Waals surface area (Å²) in [5.74, 6) is -0.269. The number of alkyl halides is 3. The predicted molar refractivity (Wildman–Crippen MR) is 48.3 cm³/mol. The van der Waals surface area contributed by atoms with Gasteiger partial charge in [-0.15, -0.1) is 13.2 Å². The van der Waals surface area contributed by atoms with Crippen LogP contribution in [-0.4, -0.2) is 11.3 Å². The van der Waals surface area contributed by atoms with Crippen LogP contribution in [0.2, 0.25) is 0 Å². The maximum absolute atomic E-state index is 12.0. The van der Waals surface area contributed by atoms with Crippen LogP contribution in [-0.2, 0) is 6.54 Å². The van der Waals surface area contributed by atoms with E-state index in [9.17, 15) is 13.2 Å². The fourth-order valence-corrected chi connectivity index (χ4v) is 1.28. The molecule has 0 spiro atoms. The highest BCUT2D eigenvalue weighted by molar-refractivity contribution is 5.37. The van der Waals surface area contributed by atoms with Gasteiger partial charge in [0, 0.05) is 29.6 Å². The first-order chi connectivity index (χ1) is 6.83. The SMILES string of the molecule is Cc1cc(OC(F)(F)F)c(CN)c(C)n1. The molecule has 0 saturated heterocycles. The predicted octanol–water partition coefficient (Wildman–Crippen LogP) is 2.06. The van der Waals surface area contributed by atoms with Crippen LogP contribution in [0.25, 0.3) is 0 Å². The lowest BCUT2D eigenvalue weighted by Crippen LogP contribution is -2.19. The summed E-state index contributed by atoms with van der Waals surface area (Å²) in [5, 5.41) is 0. The van der Waals surface area contributed by atoms with E-state index in [2.05, 4.69) is 9.72 Å². The van der Waals surface area contributed by atoms with E-state index in [-0.39, 0.29) is 17.9 Å². The Balaban J connectivity index is 3.15. The lowest BCUT2D eigenvalue weighted by molar-refractivity contribution is -0.274. The van der Waals surface area contributed by atoms with Gasteiger partial charge in [-0.25, -0.2) is 0 Å². The number of pyridine rings is 1. The molecule has 0 aliphatic carbocycles. The van der Waals surface area contributed by atoms with Crippen molar-refractivity contribution in [2.75, 3.05) is 0 Å². The third-order valence-corrected chi connectivity index (χ3v) is 1.85. The van der Waals surface area contributed by atoms with Crippen molar-refractivity contribution < 1.29 is 17.9 Å². The van der Waals surface area contributed by atoms with Gasteiger partial charge in [-0.2, -0.15) is 0 Å². The van der Waals surface area contributed by atoms with Crippen LogP contribution in [0, 0.1) is 13.8 Å². The van der Waals surface area contributed by atoms with E-state index in [1.807, 2.05) is 0 Å². The summed E-state index contributed by atoms with van der Waals surface area (Å²) >= 11 is 0. The van der Waals surface area contributed by atoms with E-state index >= 15 is 0 Å². The molecular formula is C9H11F3N2O. The van der Waals surface area contributed by atoms with Crippen LogP contribution in [0.3, 0.4) is 0 Å². The molecule has 0 unspecified atom stereocenters. The third-order valence-electron chi connectivity index (χ3n) is 1.85. The zero-order valence-electron chi connectivity index (χ0n) is 8.35. The number of nitrogens with zero attached hydrogens (tertiary/aromatic N) is 1. The number of hydrogen-bond donors (Lipinski definition) is 1. The van der Waals surface area contributed by atoms with Gasteiger partial charge in [0.25, 0.3) is 0 Å². The quantitative estimate of drug-likeness (QED) is 0.829. The zero-order chi connectivity index (χ0) is 11.6. The average molecular weight is 220 g/mol. The van der Waals surface area contributed by atoms with Crippen LogP contribution >= 0.6 is 0 Å². The molecule has 0 aliphatic heterocycles. The van der Waals surface area contributed by atoms with Gasteiger partial charge >= 0.3 is 6.36 Å². The minimum absolute atomic E-state index is 0.0372. The Morgan fingerprint density at radius 2 is 2.00 bits per heavy atom. The molecule has 0 radical (unpaired) electrons. The van der Waals surface area contributed by atoms with Crippen LogP contribution in [0.1, 0.15) is 17.0 Å². The molecule has 3 nitrogen and oxygen atoms in total. The lowest BCUT2D eigenvalue weighted by Gasteiger charge is -2.14. The molecule has 0 bridgehead atoms. The summed E-state index contributed by atoms with van der Waals surface area (Å²) in [7, 11) is 0. The Hall–Kier alpha value is -1.30. The Morgan fingerprint density at radius 1 is 1.40 bits per heavy atom. The van der Waals surface area contributed by atoms with Crippen molar-refractivity contribution in [1.29, 1.82) is 0 Å². The zero-order valence-corrected chi connectivity index (χ0v) is 8.35. The summed E-state index contributed by atoms with van der Waals surface area (Å²) < 4.78 is 40.0. The summed E-state index contributed by atoms with van der Waals surface area (Å²) in [6.07, 6.45) is -4.70. The van der Waals surface area contributed by atoms with Crippen LogP contribution in [0.15, 0.2) is 6.07 Å². The Labute approximate surface area is 85.1 Å². The largest absolute Gasteiger partial charge is 0.573 e. The molecule has 2 N–H and O–H groups in total. The lowest BCUT2D eigenvalue weighted by atomic mass is 10.1. The molecule has 1 aromatic heterocycles. The maximum Gasteiger partial charge on any atom is 0.573 e. The van der Waals surface area contributed by atoms with Crippen molar-refractivity contribution in [3.8, 4) is 5.75 Å². The molecule has 1 heterocycles. The van der Waals surface area contributed by atoms with Crippen molar-refractivity contribution in [2.45, 2.75) is 26.8 Å². The van der Waals surface area contributed by atoms with Gasteiger partial charge in [-0.1, -0.05) is 0 Å². The first-order valence-corrected chi connectivity index (χ1v) is 4.26. The smallest absolute Gasteiger partial charge is 0.405 e. The second kappa shape index (κ2) is 4.06. The molecule has 6 heteroatoms. The number of aryl methyl sites for hydroxylation is 2. The first-order valence-electron chi connectivity index (χ1n) is 4.26. The van der Waals surface area contributed by atoms with Crippen LogP contribution in [0.5, 0.6) is 5.75 Å². The highest BCUT2D eigenvalue weighted by Gasteiger charge is 2.32. The summed E-state index contributed by atoms with van der Waals surface area (Å²) in [6.45, 7) is 3.15. The van der Waals surface area contributed by atoms with Crippen molar-refractivity contribution in [1.82, 2.24) is 4.98 Å². The fourth-order valence-electron chi connectivity index (χ4n) is 1.28. The average Bonchev–Trinajstić information content (AvgIpc) is 1.99. The Bertz CT molecular complexity index is 363. The molecular weight excluding hydrogens is 209 g/mol. The molecule has 0 aliphatic rings. The maximum atomic E-state index is 12.0. The first kappa shape index (κ1) is 11.8. The summed E-state index contributed by atoms with van der Waals surface area (Å²) in [5.41, 5.74) is 6.53. The van der Waals surface area contributed by atoms with E-state index in [4.69, 9.17) is 5.73 Å². The summed E-state index contributed by atoms with van der Waals surface area (Å²) in [4.78, 5) is 4.01. The van der Waals surface area contributed by atoms with Gasteiger partial charge in [0.2, 0.25) is 0 Å². The highest BCUT2D eigenvalue weighted by Crippen LogP contribution is 2.28. The van der Waals surface area contributed by atoms with Gasteiger partial charge in [0.15, 0.2) is 0 Å². The molecule has 84 valence electrons. The van der Waals surface area contributed by atoms with Gasteiger partial charge in [-0.05, 0) is 13.8 Å². The van der Waals surface area contributed by atoms with Crippen molar-refractivity contribution in [3.63, 3.8) is 0 Å². The molecule has 0 saturated carbocycles. The minimum atomic E-state index is -4.70. The molecule has 15 heavy (non-hydrogen) atoms. The van der Waals surface area contributed by atoms with E-state index in [0.717, 1.165) is 0 Å².